The molecule has 4 aliphatic carbocycles. The summed E-state index contributed by atoms with van der Waals surface area (Å²) in [5, 5.41) is 21.6. The van der Waals surface area contributed by atoms with Gasteiger partial charge in [0.25, 0.3) is 0 Å². The first-order chi connectivity index (χ1) is 10.3. The molecule has 4 saturated carbocycles. The lowest BCUT2D eigenvalue weighted by atomic mass is 9.44. The van der Waals surface area contributed by atoms with Crippen LogP contribution in [0.4, 0.5) is 0 Å². The zero-order chi connectivity index (χ0) is 15.8. The molecule has 7 atom stereocenters. The van der Waals surface area contributed by atoms with Crippen LogP contribution in [0.25, 0.3) is 0 Å². The number of carbonyl (C=O) groups is 1. The van der Waals surface area contributed by atoms with Gasteiger partial charge >= 0.3 is 0 Å². The third-order valence-corrected chi connectivity index (χ3v) is 8.54. The average molecular weight is 306 g/mol. The Morgan fingerprint density at radius 1 is 1.00 bits per heavy atom. The summed E-state index contributed by atoms with van der Waals surface area (Å²) in [6.45, 7) is 4.43. The summed E-state index contributed by atoms with van der Waals surface area (Å²) in [6.07, 6.45) is 8.13. The third-order valence-electron chi connectivity index (χ3n) is 8.54. The summed E-state index contributed by atoms with van der Waals surface area (Å²) < 4.78 is 0. The van der Waals surface area contributed by atoms with E-state index in [2.05, 4.69) is 6.92 Å². The summed E-state index contributed by atoms with van der Waals surface area (Å²) >= 11 is 0. The molecule has 0 radical (unpaired) electrons. The maximum absolute atomic E-state index is 12.4. The van der Waals surface area contributed by atoms with Crippen molar-refractivity contribution in [1.29, 1.82) is 0 Å². The maximum atomic E-state index is 12.4. The van der Waals surface area contributed by atoms with Crippen LogP contribution in [0.2, 0.25) is 0 Å². The molecule has 0 spiro atoms. The van der Waals surface area contributed by atoms with Crippen molar-refractivity contribution >= 4 is 5.78 Å². The number of hydrogen-bond acceptors (Lipinski definition) is 3. The minimum Gasteiger partial charge on any atom is -0.393 e. The van der Waals surface area contributed by atoms with E-state index in [-0.39, 0.29) is 17.4 Å². The number of carbonyl (C=O) groups excluding carboxylic acids is 1. The highest BCUT2D eigenvalue weighted by atomic mass is 16.3. The van der Waals surface area contributed by atoms with Gasteiger partial charge in [-0.3, -0.25) is 4.79 Å². The summed E-state index contributed by atoms with van der Waals surface area (Å²) in [5.74, 6) is 1.71. The topological polar surface area (TPSA) is 57.5 Å². The molecule has 22 heavy (non-hydrogen) atoms. The minimum absolute atomic E-state index is 0.125. The average Bonchev–Trinajstić information content (AvgIpc) is 2.72. The fraction of sp³-hybridized carbons (Fsp3) is 0.947. The molecule has 2 N–H and O–H groups in total. The van der Waals surface area contributed by atoms with Crippen LogP contribution in [-0.2, 0) is 4.79 Å². The monoisotopic (exact) mass is 306 g/mol. The third kappa shape index (κ3) is 1.67. The quantitative estimate of drug-likeness (QED) is 0.723. The van der Waals surface area contributed by atoms with Crippen LogP contribution in [0.1, 0.15) is 71.6 Å². The first kappa shape index (κ1) is 15.1. The van der Waals surface area contributed by atoms with E-state index in [1.807, 2.05) is 6.92 Å². The summed E-state index contributed by atoms with van der Waals surface area (Å²) in [7, 11) is 0. The second-order valence-corrected chi connectivity index (χ2v) is 9.14. The van der Waals surface area contributed by atoms with Gasteiger partial charge < -0.3 is 10.2 Å². The number of hydrogen-bond donors (Lipinski definition) is 2. The van der Waals surface area contributed by atoms with Crippen LogP contribution in [0, 0.1) is 28.6 Å². The predicted molar refractivity (Wildman–Crippen MR) is 84.2 cm³/mol. The Hall–Kier alpha value is -0.410. The van der Waals surface area contributed by atoms with E-state index in [1.54, 1.807) is 0 Å². The van der Waals surface area contributed by atoms with Crippen molar-refractivity contribution in [2.45, 2.75) is 83.3 Å². The molecule has 3 nitrogen and oxygen atoms in total. The predicted octanol–water partition coefficient (Wildman–Crippen LogP) is 3.07. The first-order valence-electron chi connectivity index (χ1n) is 9.25. The molecule has 4 fully saturated rings. The highest BCUT2D eigenvalue weighted by Crippen LogP contribution is 2.66. The van der Waals surface area contributed by atoms with Gasteiger partial charge in [0, 0.05) is 6.42 Å². The molecule has 0 amide bonds. The number of rotatable bonds is 0. The van der Waals surface area contributed by atoms with Crippen LogP contribution >= 0.6 is 0 Å². The normalized spacial score (nSPS) is 57.9. The number of ketones is 1. The molecule has 4 rings (SSSR count). The second kappa shape index (κ2) is 4.57. The molecule has 0 aromatic heterocycles. The molecule has 0 bridgehead atoms. The molecule has 0 aromatic rings. The lowest BCUT2D eigenvalue weighted by Gasteiger charge is -2.62. The lowest BCUT2D eigenvalue weighted by Crippen LogP contribution is -2.62. The molecular formula is C19H30O3. The van der Waals surface area contributed by atoms with E-state index in [0.717, 1.165) is 44.9 Å². The van der Waals surface area contributed by atoms with E-state index < -0.39 is 11.0 Å². The van der Waals surface area contributed by atoms with E-state index in [1.165, 1.54) is 0 Å². The number of fused-ring (bicyclic) bond motifs is 5. The molecule has 0 unspecified atom stereocenters. The van der Waals surface area contributed by atoms with Crippen molar-refractivity contribution in [2.24, 2.45) is 28.6 Å². The molecule has 124 valence electrons. The maximum Gasteiger partial charge on any atom is 0.141 e. The van der Waals surface area contributed by atoms with Crippen LogP contribution in [-0.4, -0.2) is 27.7 Å². The van der Waals surface area contributed by atoms with E-state index in [0.29, 0.717) is 30.5 Å². The standard InChI is InChI=1S/C19H30O3/c1-17-8-5-13(20)11-12(17)3-4-15-14(17)6-9-18(2)16(21)7-10-19(15,18)22/h12-15,20,22H,3-11H2,1-2H3/t12-,13-,14+,15+,17-,18-,19+/m0/s1. The van der Waals surface area contributed by atoms with Gasteiger partial charge in [-0.15, -0.1) is 0 Å². The summed E-state index contributed by atoms with van der Waals surface area (Å²) in [6, 6.07) is 0. The fourth-order valence-electron chi connectivity index (χ4n) is 6.97. The molecule has 4 aliphatic rings. The largest absolute Gasteiger partial charge is 0.393 e. The zero-order valence-electron chi connectivity index (χ0n) is 14.0. The molecular weight excluding hydrogens is 276 g/mol. The minimum atomic E-state index is -0.767. The SMILES string of the molecule is C[C@]12CC[C@H](O)C[C@@H]1CC[C@@H]1[C@H]2CC[C@@]2(C)C(=O)CC[C@@]12O. The molecule has 0 saturated heterocycles. The van der Waals surface area contributed by atoms with E-state index >= 15 is 0 Å². The van der Waals surface area contributed by atoms with Gasteiger partial charge in [-0.25, -0.2) is 0 Å². The van der Waals surface area contributed by atoms with Crippen molar-refractivity contribution < 1.29 is 15.0 Å². The Morgan fingerprint density at radius 3 is 2.55 bits per heavy atom. The number of aliphatic hydroxyl groups excluding tert-OH is 1. The first-order valence-corrected chi connectivity index (χ1v) is 9.25. The molecule has 0 aliphatic heterocycles. The van der Waals surface area contributed by atoms with Gasteiger partial charge in [-0.2, -0.15) is 0 Å². The Bertz CT molecular complexity index is 503. The van der Waals surface area contributed by atoms with Crippen molar-refractivity contribution in [3.8, 4) is 0 Å². The van der Waals surface area contributed by atoms with E-state index in [4.69, 9.17) is 0 Å². The Balaban J connectivity index is 1.69. The number of Topliss-reactive ketones (excluding diaryl/α,β-unsaturated/α-hetero) is 1. The van der Waals surface area contributed by atoms with Gasteiger partial charge in [0.2, 0.25) is 0 Å². The molecule has 3 heteroatoms. The van der Waals surface area contributed by atoms with Crippen LogP contribution in [0.15, 0.2) is 0 Å². The van der Waals surface area contributed by atoms with Crippen LogP contribution < -0.4 is 0 Å². The van der Waals surface area contributed by atoms with Gasteiger partial charge in [0.15, 0.2) is 0 Å². The van der Waals surface area contributed by atoms with Gasteiger partial charge in [0.1, 0.15) is 5.78 Å². The highest BCUT2D eigenvalue weighted by Gasteiger charge is 2.67. The van der Waals surface area contributed by atoms with Crippen molar-refractivity contribution in [3.05, 3.63) is 0 Å². The van der Waals surface area contributed by atoms with Crippen LogP contribution in [0.5, 0.6) is 0 Å². The van der Waals surface area contributed by atoms with Crippen molar-refractivity contribution in [3.63, 3.8) is 0 Å². The lowest BCUT2D eigenvalue weighted by molar-refractivity contribution is -0.202. The smallest absolute Gasteiger partial charge is 0.141 e. The Kier molecular flexibility index (Phi) is 3.14. The number of aliphatic hydroxyl groups is 2. The summed E-state index contributed by atoms with van der Waals surface area (Å²) in [5.41, 5.74) is -1.01. The zero-order valence-corrected chi connectivity index (χ0v) is 14.0. The van der Waals surface area contributed by atoms with E-state index in [9.17, 15) is 15.0 Å². The summed E-state index contributed by atoms with van der Waals surface area (Å²) in [4.78, 5) is 12.4. The Labute approximate surface area is 133 Å². The second-order valence-electron chi connectivity index (χ2n) is 9.14. The Morgan fingerprint density at radius 2 is 1.77 bits per heavy atom. The van der Waals surface area contributed by atoms with Gasteiger partial charge in [-0.1, -0.05) is 6.92 Å². The van der Waals surface area contributed by atoms with Gasteiger partial charge in [0.05, 0.1) is 17.1 Å². The molecule has 0 aromatic carbocycles. The van der Waals surface area contributed by atoms with Crippen molar-refractivity contribution in [2.75, 3.05) is 0 Å². The van der Waals surface area contributed by atoms with Crippen LogP contribution in [0.3, 0.4) is 0 Å². The highest BCUT2D eigenvalue weighted by molar-refractivity contribution is 5.88. The fourth-order valence-corrected chi connectivity index (χ4v) is 6.97. The molecule has 0 heterocycles. The van der Waals surface area contributed by atoms with Gasteiger partial charge in [-0.05, 0) is 81.5 Å². The van der Waals surface area contributed by atoms with Crippen molar-refractivity contribution in [1.82, 2.24) is 0 Å².